The second-order valence-corrected chi connectivity index (χ2v) is 29.9. The lowest BCUT2D eigenvalue weighted by Crippen LogP contribution is -2.27. The average molecular weight is 1960 g/mol. The van der Waals surface area contributed by atoms with Gasteiger partial charge in [0.2, 0.25) is 5.91 Å². The first-order valence-electron chi connectivity index (χ1n) is 36.9. The minimum atomic E-state index is -1.30. The Morgan fingerprint density at radius 1 is 0.531 bits per heavy atom. The van der Waals surface area contributed by atoms with Gasteiger partial charge in [0.05, 0.1) is 87.1 Å². The van der Waals surface area contributed by atoms with Crippen molar-refractivity contribution in [2.24, 2.45) is 5.73 Å². The van der Waals surface area contributed by atoms with E-state index in [0.29, 0.717) is 103 Å². The van der Waals surface area contributed by atoms with Gasteiger partial charge in [0.15, 0.2) is 81.6 Å². The van der Waals surface area contributed by atoms with Crippen LogP contribution in [0.3, 0.4) is 0 Å². The lowest BCUT2D eigenvalue weighted by atomic mass is 9.83. The standard InChI is InChI=1S/C23H21BrN2O2S.C15H11NO3S.C11H8ClNO3.C11H13NO4.C8H10BrN.C7H7NO4.C7H9NO2.C4H5BO2S.C2H6O.4CH4/c1-28-22-12-20-17(11-21(22)27)10-18(23(26-20)16-7-9-29-14-16)13-25-8-6-15-2-4-19(24)5-3-15;1-19-14-6-12-10(5-13(14)18)4-11(7-17)15(16-12)9-2-3-20-8-9;1-16-10-4-8-6(3-9(10)15)2-7(5-14)11(12)13-8;1-7(13)12-9-4-5-10(16-8(2)14)11(6-9)15-3;9-8-3-1-7(2-4-8)5-6-10;1-12-7-4-5(8(10)11)2-3-6(7)9;1-10-7-4-5(8)2-3-6(7)9;6-5(7)4-1-2-8-3-4;1-2-3;;;;/h2-5,7,9-12,14,25,27H,6,8,13H2,1H3;2-8,18H,1H3;2-5,15H,1H3;4-6H,1-3H3,(H,12,13);1-4H,5-6,10H2;2-4,9H,1H3;2-4,9H,8H2,1H3;1-3,6-7H;3H,2H2,1H3;4*1H4. The van der Waals surface area contributed by atoms with Crippen molar-refractivity contribution in [1.29, 1.82) is 0 Å². The monoisotopic (exact) mass is 1960 g/mol. The van der Waals surface area contributed by atoms with Gasteiger partial charge in [-0.1, -0.05) is 103 Å². The second kappa shape index (κ2) is 58.0. The van der Waals surface area contributed by atoms with Gasteiger partial charge in [-0.3, -0.25) is 29.3 Å². The van der Waals surface area contributed by atoms with Crippen LogP contribution in [-0.4, -0.2) is 154 Å². The number of aldehydes is 2. The molecule has 29 nitrogen and oxygen atoms in total. The van der Waals surface area contributed by atoms with E-state index in [1.54, 1.807) is 126 Å². The first-order valence-corrected chi connectivity index (χ1v) is 41.7. The lowest BCUT2D eigenvalue weighted by Gasteiger charge is -2.13. The molecule has 0 radical (unpaired) electrons. The highest BCUT2D eigenvalue weighted by Crippen LogP contribution is 2.38. The van der Waals surface area contributed by atoms with E-state index in [4.69, 9.17) is 81.8 Å². The summed E-state index contributed by atoms with van der Waals surface area (Å²) >= 11 is 17.3. The Labute approximate surface area is 777 Å². The predicted molar refractivity (Wildman–Crippen MR) is 522 cm³/mol. The third-order valence-electron chi connectivity index (χ3n) is 16.6. The van der Waals surface area contributed by atoms with Gasteiger partial charge in [-0.25, -0.2) is 15.0 Å². The van der Waals surface area contributed by atoms with Crippen molar-refractivity contribution in [2.75, 3.05) is 73.4 Å². The van der Waals surface area contributed by atoms with E-state index >= 15 is 0 Å². The molecule has 14 N–H and O–H groups in total. The molecule has 0 atom stereocenters. The molecular formula is C92H106BBr2ClN8O21S3. The van der Waals surface area contributed by atoms with Crippen LogP contribution in [0.5, 0.6) is 69.0 Å². The maximum Gasteiger partial charge on any atom is 0.489 e. The summed E-state index contributed by atoms with van der Waals surface area (Å²) in [4.78, 5) is 66.7. The number of carbonyl (C=O) groups excluding carboxylic acids is 4. The van der Waals surface area contributed by atoms with Gasteiger partial charge in [-0.2, -0.15) is 34.0 Å². The van der Waals surface area contributed by atoms with Crippen LogP contribution in [0.2, 0.25) is 5.15 Å². The number of thiophene rings is 3. The Hall–Kier alpha value is -12.5. The number of halogens is 3. The number of methoxy groups -OCH3 is 6. The zero-order valence-corrected chi connectivity index (χ0v) is 74.7. The number of hydrogen-bond donors (Lipinski definition) is 12. The van der Waals surface area contributed by atoms with Crippen molar-refractivity contribution >= 4 is 164 Å². The summed E-state index contributed by atoms with van der Waals surface area (Å²) in [7, 11) is 7.45. The van der Waals surface area contributed by atoms with Gasteiger partial charge in [0.25, 0.3) is 5.69 Å². The first-order chi connectivity index (χ1) is 59.5. The summed E-state index contributed by atoms with van der Waals surface area (Å²) < 4.78 is 36.9. The summed E-state index contributed by atoms with van der Waals surface area (Å²) in [6.07, 6.45) is 3.32. The van der Waals surface area contributed by atoms with E-state index in [2.05, 4.69) is 116 Å². The van der Waals surface area contributed by atoms with E-state index < -0.39 is 18.0 Å². The van der Waals surface area contributed by atoms with Gasteiger partial charge in [0.1, 0.15) is 5.15 Å². The zero-order chi connectivity index (χ0) is 91.0. The zero-order valence-electron chi connectivity index (χ0n) is 68.4. The summed E-state index contributed by atoms with van der Waals surface area (Å²) in [5.41, 5.74) is 22.6. The number of aromatic nitrogens is 3. The van der Waals surface area contributed by atoms with Gasteiger partial charge in [-0.05, 0) is 180 Å². The molecule has 0 fully saturated rings. The number of esters is 1. The number of anilines is 2. The number of ether oxygens (including phenoxy) is 7. The molecule has 36 heteroatoms. The van der Waals surface area contributed by atoms with E-state index in [1.165, 1.54) is 96.1 Å². The summed E-state index contributed by atoms with van der Waals surface area (Å²) in [6.45, 7) is 6.95. The van der Waals surface area contributed by atoms with Crippen molar-refractivity contribution in [2.45, 2.75) is 69.9 Å². The normalized spacial score (nSPS) is 9.75. The third kappa shape index (κ3) is 35.4. The highest BCUT2D eigenvalue weighted by Gasteiger charge is 2.18. The number of hydrogen-bond acceptors (Lipinski definition) is 30. The molecule has 0 aliphatic carbocycles. The Morgan fingerprint density at radius 3 is 1.39 bits per heavy atom. The van der Waals surface area contributed by atoms with Crippen molar-refractivity contribution in [3.8, 4) is 91.5 Å². The van der Waals surface area contributed by atoms with Crippen molar-refractivity contribution in [1.82, 2.24) is 20.3 Å². The Bertz CT molecular complexity index is 5780. The van der Waals surface area contributed by atoms with Gasteiger partial charge in [0, 0.05) is 127 Å². The molecule has 0 unspecified atom stereocenters. The van der Waals surface area contributed by atoms with Crippen LogP contribution in [0.1, 0.15) is 87.9 Å². The smallest absolute Gasteiger partial charge is 0.489 e. The van der Waals surface area contributed by atoms with E-state index in [-0.39, 0.29) is 87.6 Å². The van der Waals surface area contributed by atoms with Gasteiger partial charge < -0.3 is 95.9 Å². The van der Waals surface area contributed by atoms with E-state index in [9.17, 15) is 44.6 Å². The Morgan fingerprint density at radius 2 is 0.969 bits per heavy atom. The predicted octanol–water partition coefficient (Wildman–Crippen LogP) is 19.5. The number of nitro groups is 1. The largest absolute Gasteiger partial charge is 0.504 e. The molecule has 0 aliphatic rings. The van der Waals surface area contributed by atoms with Crippen LogP contribution in [0.25, 0.3) is 55.2 Å². The second-order valence-electron chi connectivity index (χ2n) is 25.4. The highest BCUT2D eigenvalue weighted by molar-refractivity contribution is 9.10. The number of aromatic hydroxyl groups is 5. The topological polar surface area (TPSA) is 453 Å². The number of aliphatic hydroxyl groups is 1. The maximum absolute atomic E-state index is 11.3. The third-order valence-corrected chi connectivity index (χ3v) is 20.0. The summed E-state index contributed by atoms with van der Waals surface area (Å²) in [5.74, 6) is 1.87. The van der Waals surface area contributed by atoms with Gasteiger partial charge in [-0.15, -0.1) is 0 Å². The summed E-state index contributed by atoms with van der Waals surface area (Å²) in [5, 5.41) is 102. The molecule has 0 saturated heterocycles. The molecular weight excluding hydrogens is 1860 g/mol. The fourth-order valence-corrected chi connectivity index (χ4v) is 13.4. The molecule has 128 heavy (non-hydrogen) atoms. The number of fused-ring (bicyclic) bond motifs is 3. The number of phenolic OH excluding ortho intramolecular Hbond substituents is 5. The van der Waals surface area contributed by atoms with Crippen LogP contribution in [-0.2, 0) is 29.0 Å². The molecule has 14 aromatic rings. The van der Waals surface area contributed by atoms with Crippen molar-refractivity contribution < 1.29 is 97.9 Å². The number of aliphatic hydroxyl groups excluding tert-OH is 1. The molecule has 8 aromatic carbocycles. The molecule has 6 aromatic heterocycles. The number of pyridine rings is 3. The number of nitrogens with zero attached hydrogens (tertiary/aromatic N) is 4. The number of nitrogen functional groups attached to an aromatic ring is 1. The van der Waals surface area contributed by atoms with Crippen LogP contribution < -0.4 is 60.7 Å². The maximum atomic E-state index is 11.3. The molecule has 6 heterocycles. The Balaban J connectivity index is 0.000000506. The number of phenols is 5. The number of non-ortho nitro benzene ring substituents is 1. The number of amides is 1. The lowest BCUT2D eigenvalue weighted by molar-refractivity contribution is -0.385. The molecule has 0 aliphatic heterocycles. The SMILES string of the molecule is C.C.C.C.CCO.COc1cc(N)ccc1O.COc1cc(NC(C)=O)ccc1OC(C)=O.COc1cc([N+](=O)[O-])ccc1O.COc1cc2nc(-c3ccsc3)c(C=O)cc2cc1O.COc1cc2nc(-c3ccsc3)c(CNCCc3ccc(Br)cc3)cc2cc1O.COc1cc2nc(Cl)c(C=O)cc2cc1O.NCCc1ccc(Br)cc1.OB(O)c1ccsc1. The van der Waals surface area contributed by atoms with E-state index in [1.807, 2.05) is 29.0 Å². The molecule has 0 bridgehead atoms. The Kier molecular flexibility index (Phi) is 50.5. The van der Waals surface area contributed by atoms with Crippen molar-refractivity contribution in [3.05, 3.63) is 260 Å². The van der Waals surface area contributed by atoms with Crippen LogP contribution in [0.15, 0.2) is 217 Å². The quantitative estimate of drug-likeness (QED) is 0.00304. The number of rotatable bonds is 21. The number of nitrogens with two attached hydrogens (primary N) is 2. The van der Waals surface area contributed by atoms with E-state index in [0.717, 1.165) is 80.5 Å². The number of benzene rings is 8. The number of nitrogens with one attached hydrogen (secondary N) is 2. The van der Waals surface area contributed by atoms with Crippen LogP contribution >= 0.6 is 77.5 Å². The highest BCUT2D eigenvalue weighted by atomic mass is 79.9. The molecule has 0 saturated carbocycles. The first kappa shape index (κ1) is 112. The summed E-state index contributed by atoms with van der Waals surface area (Å²) in [6, 6.07) is 50.5. The molecule has 14 rings (SSSR count). The van der Waals surface area contributed by atoms with Crippen LogP contribution in [0, 0.1) is 10.1 Å². The molecule has 0 spiro atoms. The van der Waals surface area contributed by atoms with Gasteiger partial charge >= 0.3 is 13.1 Å². The minimum Gasteiger partial charge on any atom is -0.504 e. The average Bonchev–Trinajstić information content (AvgIpc) is 1.19. The number of nitro benzene ring substituents is 1. The van der Waals surface area contributed by atoms with Crippen molar-refractivity contribution in [3.63, 3.8) is 0 Å². The van der Waals surface area contributed by atoms with Crippen LogP contribution in [0.4, 0.5) is 17.1 Å². The molecule has 682 valence electrons. The number of carbonyl (C=O) groups is 4. The molecule has 1 amide bonds. The fraction of sp³-hybridized carbons (Fsp3) is 0.207. The fourth-order valence-electron chi connectivity index (χ4n) is 10.7. The minimum absolute atomic E-state index is 0.